The van der Waals surface area contributed by atoms with E-state index in [1.807, 2.05) is 11.0 Å². The molecular formula is C20H21NO2S. The van der Waals surface area contributed by atoms with Crippen LogP contribution >= 0.6 is 11.3 Å². The number of rotatable bonds is 5. The summed E-state index contributed by atoms with van der Waals surface area (Å²) in [4.78, 5) is 16.2. The van der Waals surface area contributed by atoms with Crippen molar-refractivity contribution in [2.45, 2.75) is 45.7 Å². The summed E-state index contributed by atoms with van der Waals surface area (Å²) in [6.45, 7) is 4.88. The third-order valence-corrected chi connectivity index (χ3v) is 5.76. The lowest BCUT2D eigenvalue weighted by atomic mass is 10.0. The van der Waals surface area contributed by atoms with Gasteiger partial charge in [-0.2, -0.15) is 0 Å². The zero-order chi connectivity index (χ0) is 16.7. The molecule has 0 bridgehead atoms. The van der Waals surface area contributed by atoms with Crippen molar-refractivity contribution in [1.82, 2.24) is 4.90 Å². The van der Waals surface area contributed by atoms with Crippen LogP contribution in [0.3, 0.4) is 0 Å². The number of furan rings is 1. The van der Waals surface area contributed by atoms with Crippen molar-refractivity contribution in [3.05, 3.63) is 57.5 Å². The number of benzene rings is 1. The largest absolute Gasteiger partial charge is 0.464 e. The van der Waals surface area contributed by atoms with E-state index in [4.69, 9.17) is 4.42 Å². The van der Waals surface area contributed by atoms with E-state index in [1.54, 1.807) is 17.6 Å². The smallest absolute Gasteiger partial charge is 0.227 e. The van der Waals surface area contributed by atoms with Gasteiger partial charge in [-0.1, -0.05) is 18.2 Å². The zero-order valence-corrected chi connectivity index (χ0v) is 14.9. The highest BCUT2D eigenvalue weighted by molar-refractivity contribution is 7.09. The summed E-state index contributed by atoms with van der Waals surface area (Å²) < 4.78 is 5.75. The molecular weight excluding hydrogens is 318 g/mol. The average Bonchev–Trinajstić information content (AvgIpc) is 3.12. The van der Waals surface area contributed by atoms with E-state index in [2.05, 4.69) is 37.4 Å². The minimum absolute atomic E-state index is 0.201. The Labute approximate surface area is 145 Å². The number of hydrogen-bond acceptors (Lipinski definition) is 3. The van der Waals surface area contributed by atoms with Crippen LogP contribution in [0.4, 0.5) is 0 Å². The standard InChI is InChI=1S/C20H21NO2S/c1-13-5-8-18-15(12-23-20(18)14(13)2)10-19(22)21(16-6-7-16)11-17-4-3-9-24-17/h3-5,8-9,12,16H,6-7,10-11H2,1-2H3. The molecule has 0 aliphatic heterocycles. The van der Waals surface area contributed by atoms with Gasteiger partial charge in [0.05, 0.1) is 19.2 Å². The van der Waals surface area contributed by atoms with Crippen LogP contribution in [0.5, 0.6) is 0 Å². The Bertz CT molecular complexity index is 875. The van der Waals surface area contributed by atoms with Gasteiger partial charge in [-0.25, -0.2) is 0 Å². The Morgan fingerprint density at radius 2 is 2.12 bits per heavy atom. The van der Waals surface area contributed by atoms with Crippen molar-refractivity contribution in [2.75, 3.05) is 0 Å². The Kier molecular flexibility index (Phi) is 3.93. The van der Waals surface area contributed by atoms with Gasteiger partial charge in [0.1, 0.15) is 5.58 Å². The van der Waals surface area contributed by atoms with Crippen molar-refractivity contribution in [1.29, 1.82) is 0 Å². The first-order valence-electron chi connectivity index (χ1n) is 8.41. The molecule has 0 radical (unpaired) electrons. The molecule has 124 valence electrons. The molecule has 1 fully saturated rings. The van der Waals surface area contributed by atoms with Gasteiger partial charge in [0, 0.05) is 21.9 Å². The summed E-state index contributed by atoms with van der Waals surface area (Å²) in [5.41, 5.74) is 4.28. The number of fused-ring (bicyclic) bond motifs is 1. The third-order valence-electron chi connectivity index (χ3n) is 4.90. The lowest BCUT2D eigenvalue weighted by Gasteiger charge is -2.21. The Balaban J connectivity index is 1.57. The van der Waals surface area contributed by atoms with Gasteiger partial charge in [-0.3, -0.25) is 4.79 Å². The number of carbonyl (C=O) groups is 1. The molecule has 4 rings (SSSR count). The molecule has 0 unspecified atom stereocenters. The first kappa shape index (κ1) is 15.5. The molecule has 0 N–H and O–H groups in total. The molecule has 1 aromatic carbocycles. The number of hydrogen-bond donors (Lipinski definition) is 0. The molecule has 3 nitrogen and oxygen atoms in total. The number of aryl methyl sites for hydroxylation is 2. The highest BCUT2D eigenvalue weighted by Crippen LogP contribution is 2.31. The number of thiophene rings is 1. The normalized spacial score (nSPS) is 14.2. The fourth-order valence-corrected chi connectivity index (χ4v) is 3.87. The van der Waals surface area contributed by atoms with Gasteiger partial charge in [0.25, 0.3) is 0 Å². The van der Waals surface area contributed by atoms with Gasteiger partial charge < -0.3 is 9.32 Å². The minimum Gasteiger partial charge on any atom is -0.464 e. The second-order valence-electron chi connectivity index (χ2n) is 6.65. The quantitative estimate of drug-likeness (QED) is 0.666. The summed E-state index contributed by atoms with van der Waals surface area (Å²) in [5, 5.41) is 3.14. The molecule has 0 atom stereocenters. The van der Waals surface area contributed by atoms with Crippen LogP contribution in [0.2, 0.25) is 0 Å². The molecule has 0 saturated heterocycles. The molecule has 4 heteroatoms. The topological polar surface area (TPSA) is 33.5 Å². The van der Waals surface area contributed by atoms with E-state index in [0.29, 0.717) is 12.5 Å². The fraction of sp³-hybridized carbons (Fsp3) is 0.350. The van der Waals surface area contributed by atoms with Gasteiger partial charge in [-0.15, -0.1) is 11.3 Å². The molecule has 3 aromatic rings. The van der Waals surface area contributed by atoms with E-state index in [0.717, 1.165) is 41.5 Å². The van der Waals surface area contributed by atoms with Crippen molar-refractivity contribution in [3.8, 4) is 0 Å². The Morgan fingerprint density at radius 1 is 1.29 bits per heavy atom. The van der Waals surface area contributed by atoms with Crippen LogP contribution in [0.15, 0.2) is 40.3 Å². The number of amides is 1. The van der Waals surface area contributed by atoms with Crippen LogP contribution in [0.1, 0.15) is 34.4 Å². The number of carbonyl (C=O) groups excluding carboxylic acids is 1. The minimum atomic E-state index is 0.201. The predicted octanol–water partition coefficient (Wildman–Crippen LogP) is 4.84. The molecule has 2 heterocycles. The van der Waals surface area contributed by atoms with Gasteiger partial charge in [0.2, 0.25) is 5.91 Å². The maximum absolute atomic E-state index is 12.9. The van der Waals surface area contributed by atoms with Crippen LogP contribution in [-0.2, 0) is 17.8 Å². The second-order valence-corrected chi connectivity index (χ2v) is 7.69. The van der Waals surface area contributed by atoms with Crippen molar-refractivity contribution >= 4 is 28.2 Å². The van der Waals surface area contributed by atoms with E-state index in [-0.39, 0.29) is 5.91 Å². The molecule has 0 spiro atoms. The van der Waals surface area contributed by atoms with E-state index in [1.165, 1.54) is 10.4 Å². The molecule has 1 amide bonds. The summed E-state index contributed by atoms with van der Waals surface area (Å²) >= 11 is 1.72. The van der Waals surface area contributed by atoms with E-state index < -0.39 is 0 Å². The molecule has 1 aliphatic rings. The highest BCUT2D eigenvalue weighted by atomic mass is 32.1. The van der Waals surface area contributed by atoms with Crippen LogP contribution in [0, 0.1) is 13.8 Å². The van der Waals surface area contributed by atoms with E-state index >= 15 is 0 Å². The average molecular weight is 339 g/mol. The van der Waals surface area contributed by atoms with E-state index in [9.17, 15) is 4.79 Å². The van der Waals surface area contributed by atoms with Gasteiger partial charge >= 0.3 is 0 Å². The second kappa shape index (κ2) is 6.10. The maximum Gasteiger partial charge on any atom is 0.227 e. The predicted molar refractivity (Wildman–Crippen MR) is 97.3 cm³/mol. The van der Waals surface area contributed by atoms with Gasteiger partial charge in [-0.05, 0) is 49.3 Å². The van der Waals surface area contributed by atoms with Gasteiger partial charge in [0.15, 0.2) is 0 Å². The fourth-order valence-electron chi connectivity index (χ4n) is 3.17. The van der Waals surface area contributed by atoms with Crippen molar-refractivity contribution < 1.29 is 9.21 Å². The van der Waals surface area contributed by atoms with Crippen LogP contribution < -0.4 is 0 Å². The molecule has 1 aliphatic carbocycles. The van der Waals surface area contributed by atoms with Crippen molar-refractivity contribution in [3.63, 3.8) is 0 Å². The van der Waals surface area contributed by atoms with Crippen molar-refractivity contribution in [2.24, 2.45) is 0 Å². The Hall–Kier alpha value is -2.07. The summed E-state index contributed by atoms with van der Waals surface area (Å²) in [6, 6.07) is 8.74. The highest BCUT2D eigenvalue weighted by Gasteiger charge is 2.33. The maximum atomic E-state index is 12.9. The van der Waals surface area contributed by atoms with Crippen LogP contribution in [-0.4, -0.2) is 16.8 Å². The summed E-state index contributed by atoms with van der Waals surface area (Å²) in [7, 11) is 0. The lowest BCUT2D eigenvalue weighted by Crippen LogP contribution is -2.33. The SMILES string of the molecule is Cc1ccc2c(CC(=O)N(Cc3cccs3)C3CC3)coc2c1C. The first-order valence-corrected chi connectivity index (χ1v) is 9.29. The molecule has 2 aromatic heterocycles. The molecule has 1 saturated carbocycles. The summed E-state index contributed by atoms with van der Waals surface area (Å²) in [5.74, 6) is 0.201. The number of nitrogens with zero attached hydrogens (tertiary/aromatic N) is 1. The molecule has 24 heavy (non-hydrogen) atoms. The zero-order valence-electron chi connectivity index (χ0n) is 14.0. The lowest BCUT2D eigenvalue weighted by molar-refractivity contribution is -0.131. The first-order chi connectivity index (χ1) is 11.6. The van der Waals surface area contributed by atoms with Crippen LogP contribution in [0.25, 0.3) is 11.0 Å². The summed E-state index contributed by atoms with van der Waals surface area (Å²) in [6.07, 6.45) is 4.42. The monoisotopic (exact) mass is 339 g/mol. The Morgan fingerprint density at radius 3 is 2.83 bits per heavy atom. The third kappa shape index (κ3) is 2.86.